The number of benzene rings is 2. The summed E-state index contributed by atoms with van der Waals surface area (Å²) >= 11 is 1.41. The molecule has 1 unspecified atom stereocenters. The van der Waals surface area contributed by atoms with Crippen molar-refractivity contribution in [2.75, 3.05) is 10.6 Å². The van der Waals surface area contributed by atoms with Gasteiger partial charge in [-0.2, -0.15) is 0 Å². The number of hydrogen-bond acceptors (Lipinski definition) is 4. The molecule has 0 saturated carbocycles. The molecule has 0 spiro atoms. The van der Waals surface area contributed by atoms with E-state index in [1.807, 2.05) is 29.8 Å². The molecule has 0 aliphatic rings. The average Bonchev–Trinajstić information content (AvgIpc) is 3.17. The van der Waals surface area contributed by atoms with Gasteiger partial charge in [0.1, 0.15) is 0 Å². The van der Waals surface area contributed by atoms with Crippen molar-refractivity contribution >= 4 is 35.0 Å². The molecule has 2 aromatic carbocycles. The Morgan fingerprint density at radius 3 is 2.23 bits per heavy atom. The largest absolute Gasteiger partial charge is 0.326 e. The molecule has 3 aromatic rings. The first-order valence-electron chi connectivity index (χ1n) is 9.83. The smallest absolute Gasteiger partial charge is 0.237 e. The van der Waals surface area contributed by atoms with Gasteiger partial charge in [0.05, 0.1) is 10.9 Å². The summed E-state index contributed by atoms with van der Waals surface area (Å²) in [4.78, 5) is 28.3. The zero-order valence-corrected chi connectivity index (χ0v) is 18.4. The summed E-state index contributed by atoms with van der Waals surface area (Å²) in [5.41, 5.74) is 3.67. The number of nitrogens with one attached hydrogen (secondary N) is 2. The molecule has 1 atom stereocenters. The first-order valence-corrected chi connectivity index (χ1v) is 10.7. The minimum absolute atomic E-state index is 0.112. The van der Waals surface area contributed by atoms with Crippen LogP contribution in [0.5, 0.6) is 0 Å². The highest BCUT2D eigenvalue weighted by Gasteiger charge is 2.19. The van der Waals surface area contributed by atoms with Gasteiger partial charge in [-0.15, -0.1) is 0 Å². The van der Waals surface area contributed by atoms with Crippen LogP contribution < -0.4 is 10.6 Å². The van der Waals surface area contributed by atoms with Crippen molar-refractivity contribution in [1.29, 1.82) is 0 Å². The highest BCUT2D eigenvalue weighted by Crippen LogP contribution is 2.29. The zero-order chi connectivity index (χ0) is 21.7. The molecule has 7 heteroatoms. The summed E-state index contributed by atoms with van der Waals surface area (Å²) in [7, 11) is 0. The van der Waals surface area contributed by atoms with Gasteiger partial charge < -0.3 is 10.6 Å². The summed E-state index contributed by atoms with van der Waals surface area (Å²) in [6.45, 7) is 7.64. The summed E-state index contributed by atoms with van der Waals surface area (Å²) < 4.78 is 2.03. The summed E-state index contributed by atoms with van der Waals surface area (Å²) in [6, 6.07) is 15.3. The molecule has 30 heavy (non-hydrogen) atoms. The molecule has 0 radical (unpaired) electrons. The SMILES string of the molecule is CC(=O)Nc1ccc(NC(=O)C(C)Sc2nccn2-c2ccccc2C(C)C)cc1. The molecular weight excluding hydrogens is 396 g/mol. The van der Waals surface area contributed by atoms with Gasteiger partial charge in [0.2, 0.25) is 11.8 Å². The first kappa shape index (κ1) is 21.6. The number of nitrogens with zero attached hydrogens (tertiary/aromatic N) is 2. The van der Waals surface area contributed by atoms with E-state index in [1.165, 1.54) is 24.2 Å². The van der Waals surface area contributed by atoms with Crippen LogP contribution in [0.3, 0.4) is 0 Å². The third-order valence-electron chi connectivity index (χ3n) is 4.55. The third kappa shape index (κ3) is 5.30. The van der Waals surface area contributed by atoms with E-state index < -0.39 is 0 Å². The van der Waals surface area contributed by atoms with Crippen LogP contribution in [0.15, 0.2) is 66.1 Å². The molecule has 2 N–H and O–H groups in total. The molecule has 156 valence electrons. The fraction of sp³-hybridized carbons (Fsp3) is 0.261. The topological polar surface area (TPSA) is 76.0 Å². The van der Waals surface area contributed by atoms with E-state index in [0.717, 1.165) is 10.8 Å². The summed E-state index contributed by atoms with van der Waals surface area (Å²) in [6.07, 6.45) is 3.68. The van der Waals surface area contributed by atoms with Crippen molar-refractivity contribution in [3.63, 3.8) is 0 Å². The van der Waals surface area contributed by atoms with Crippen LogP contribution in [0.25, 0.3) is 5.69 Å². The second-order valence-corrected chi connectivity index (χ2v) is 8.61. The van der Waals surface area contributed by atoms with Crippen LogP contribution in [0.4, 0.5) is 11.4 Å². The molecule has 6 nitrogen and oxygen atoms in total. The second-order valence-electron chi connectivity index (χ2n) is 7.30. The summed E-state index contributed by atoms with van der Waals surface area (Å²) in [5, 5.41) is 6.05. The van der Waals surface area contributed by atoms with Crippen LogP contribution in [0, 0.1) is 0 Å². The Labute approximate surface area is 181 Å². The maximum Gasteiger partial charge on any atom is 0.237 e. The van der Waals surface area contributed by atoms with Crippen LogP contribution >= 0.6 is 11.8 Å². The van der Waals surface area contributed by atoms with Gasteiger partial charge in [0.15, 0.2) is 5.16 Å². The van der Waals surface area contributed by atoms with E-state index in [0.29, 0.717) is 17.3 Å². The Balaban J connectivity index is 1.70. The second kappa shape index (κ2) is 9.63. The maximum atomic E-state index is 12.7. The van der Waals surface area contributed by atoms with Crippen LogP contribution in [0.2, 0.25) is 0 Å². The van der Waals surface area contributed by atoms with Crippen LogP contribution in [-0.4, -0.2) is 26.6 Å². The van der Waals surface area contributed by atoms with Gasteiger partial charge >= 0.3 is 0 Å². The fourth-order valence-electron chi connectivity index (χ4n) is 3.05. The maximum absolute atomic E-state index is 12.7. The quantitative estimate of drug-likeness (QED) is 0.521. The molecule has 0 fully saturated rings. The monoisotopic (exact) mass is 422 g/mol. The van der Waals surface area contributed by atoms with Crippen LogP contribution in [0.1, 0.15) is 39.2 Å². The van der Waals surface area contributed by atoms with E-state index in [2.05, 4.69) is 41.6 Å². The van der Waals surface area contributed by atoms with Crippen molar-refractivity contribution in [2.45, 2.75) is 44.0 Å². The van der Waals surface area contributed by atoms with E-state index in [1.54, 1.807) is 30.5 Å². The van der Waals surface area contributed by atoms with E-state index >= 15 is 0 Å². The van der Waals surface area contributed by atoms with Gasteiger partial charge in [-0.05, 0) is 48.7 Å². The van der Waals surface area contributed by atoms with E-state index in [9.17, 15) is 9.59 Å². The fourth-order valence-corrected chi connectivity index (χ4v) is 3.93. The summed E-state index contributed by atoms with van der Waals surface area (Å²) in [5.74, 6) is 0.132. The lowest BCUT2D eigenvalue weighted by Gasteiger charge is -2.17. The van der Waals surface area contributed by atoms with Crippen molar-refractivity contribution in [1.82, 2.24) is 9.55 Å². The Hall–Kier alpha value is -3.06. The molecule has 2 amide bonds. The predicted octanol–water partition coefficient (Wildman–Crippen LogP) is 5.07. The lowest BCUT2D eigenvalue weighted by Crippen LogP contribution is -2.23. The Bertz CT molecular complexity index is 1030. The number of carbonyl (C=O) groups excluding carboxylic acids is 2. The first-order chi connectivity index (χ1) is 14.3. The number of rotatable bonds is 7. The molecule has 0 aliphatic heterocycles. The number of hydrogen-bond donors (Lipinski definition) is 2. The van der Waals surface area contributed by atoms with Gasteiger partial charge in [-0.1, -0.05) is 43.8 Å². The average molecular weight is 423 g/mol. The zero-order valence-electron chi connectivity index (χ0n) is 17.5. The van der Waals surface area contributed by atoms with E-state index in [-0.39, 0.29) is 17.1 Å². The highest BCUT2D eigenvalue weighted by molar-refractivity contribution is 8.00. The normalized spacial score (nSPS) is 11.9. The van der Waals surface area contributed by atoms with Gasteiger partial charge in [-0.3, -0.25) is 14.2 Å². The minimum Gasteiger partial charge on any atom is -0.326 e. The molecular formula is C23H26N4O2S. The molecule has 0 bridgehead atoms. The van der Waals surface area contributed by atoms with Crippen molar-refractivity contribution in [3.05, 3.63) is 66.5 Å². The number of amides is 2. The number of carbonyl (C=O) groups is 2. The van der Waals surface area contributed by atoms with Gasteiger partial charge in [-0.25, -0.2) is 4.98 Å². The molecule has 0 aliphatic carbocycles. The van der Waals surface area contributed by atoms with Gasteiger partial charge in [0.25, 0.3) is 0 Å². The molecule has 1 heterocycles. The lowest BCUT2D eigenvalue weighted by atomic mass is 10.0. The van der Waals surface area contributed by atoms with Crippen molar-refractivity contribution in [2.24, 2.45) is 0 Å². The predicted molar refractivity (Wildman–Crippen MR) is 122 cm³/mol. The van der Waals surface area contributed by atoms with Crippen LogP contribution in [-0.2, 0) is 9.59 Å². The third-order valence-corrected chi connectivity index (χ3v) is 5.63. The number of thioether (sulfide) groups is 1. The highest BCUT2D eigenvalue weighted by atomic mass is 32.2. The van der Waals surface area contributed by atoms with Crippen molar-refractivity contribution in [3.8, 4) is 5.69 Å². The number of anilines is 2. The molecule has 3 rings (SSSR count). The number of para-hydroxylation sites is 1. The Morgan fingerprint density at radius 2 is 1.60 bits per heavy atom. The standard InChI is InChI=1S/C23H26N4O2S/c1-15(2)20-7-5-6-8-21(20)27-14-13-24-23(27)30-16(3)22(29)26-19-11-9-18(10-12-19)25-17(4)28/h5-16H,1-4H3,(H,25,28)(H,26,29). The number of aromatic nitrogens is 2. The molecule has 0 saturated heterocycles. The lowest BCUT2D eigenvalue weighted by molar-refractivity contribution is -0.115. The minimum atomic E-state index is -0.340. The molecule has 1 aromatic heterocycles. The van der Waals surface area contributed by atoms with Crippen molar-refractivity contribution < 1.29 is 9.59 Å². The Kier molecular flexibility index (Phi) is 6.95. The Morgan fingerprint density at radius 1 is 0.967 bits per heavy atom. The van der Waals surface area contributed by atoms with Gasteiger partial charge in [0, 0.05) is 30.7 Å². The van der Waals surface area contributed by atoms with E-state index in [4.69, 9.17) is 0 Å². The number of imidazole rings is 1.